The van der Waals surface area contributed by atoms with Crippen LogP contribution in [-0.2, 0) is 6.54 Å². The third-order valence-corrected chi connectivity index (χ3v) is 3.78. The number of nitrogens with two attached hydrogens (primary N) is 1. The van der Waals surface area contributed by atoms with Gasteiger partial charge >= 0.3 is 0 Å². The van der Waals surface area contributed by atoms with Crippen molar-refractivity contribution in [2.45, 2.75) is 32.2 Å². The lowest BCUT2D eigenvalue weighted by molar-refractivity contribution is 0.750. The molecule has 0 unspecified atom stereocenters. The van der Waals surface area contributed by atoms with Crippen LogP contribution in [0.3, 0.4) is 0 Å². The lowest BCUT2D eigenvalue weighted by Crippen LogP contribution is -2.01. The van der Waals surface area contributed by atoms with Crippen molar-refractivity contribution in [3.63, 3.8) is 0 Å². The zero-order valence-corrected chi connectivity index (χ0v) is 10.0. The first-order valence-corrected chi connectivity index (χ1v) is 6.05. The second-order valence-corrected chi connectivity index (χ2v) is 5.00. The minimum atomic E-state index is 0.641. The summed E-state index contributed by atoms with van der Waals surface area (Å²) in [5.74, 6) is 1.89. The first-order valence-electron chi connectivity index (χ1n) is 5.06. The van der Waals surface area contributed by atoms with E-state index in [1.165, 1.54) is 16.0 Å². The van der Waals surface area contributed by atoms with Gasteiger partial charge < -0.3 is 5.73 Å². The average molecular weight is 209 g/mol. The zero-order valence-electron chi connectivity index (χ0n) is 9.21. The minimum Gasteiger partial charge on any atom is -0.326 e. The molecule has 1 aromatic carbocycles. The van der Waals surface area contributed by atoms with Crippen molar-refractivity contribution < 1.29 is 0 Å². The molecule has 0 amide bonds. The van der Waals surface area contributed by atoms with Crippen LogP contribution in [0.2, 0.25) is 0 Å². The molecule has 0 bridgehead atoms. The van der Waals surface area contributed by atoms with Gasteiger partial charge in [0.15, 0.2) is 0 Å². The Labute approximate surface area is 91.1 Å². The molecule has 0 aliphatic heterocycles. The fourth-order valence-electron chi connectivity index (χ4n) is 1.33. The Morgan fingerprint density at radius 1 is 1.36 bits per heavy atom. The fourth-order valence-corrected chi connectivity index (χ4v) is 2.46. The predicted octanol–water partition coefficient (Wildman–Crippen LogP) is 3.20. The average Bonchev–Trinajstić information content (AvgIpc) is 2.15. The summed E-state index contributed by atoms with van der Waals surface area (Å²) in [6.07, 6.45) is 0. The molecule has 0 atom stereocenters. The summed E-state index contributed by atoms with van der Waals surface area (Å²) in [5.41, 5.74) is 8.33. The summed E-state index contributed by atoms with van der Waals surface area (Å²) in [4.78, 5) is 1.38. The van der Waals surface area contributed by atoms with Gasteiger partial charge in [0.05, 0.1) is 0 Å². The maximum atomic E-state index is 5.71. The second-order valence-electron chi connectivity index (χ2n) is 3.97. The molecule has 0 aromatic heterocycles. The number of rotatable bonds is 4. The van der Waals surface area contributed by atoms with Crippen LogP contribution < -0.4 is 5.73 Å². The molecule has 0 heterocycles. The van der Waals surface area contributed by atoms with Gasteiger partial charge in [0.2, 0.25) is 0 Å². The van der Waals surface area contributed by atoms with Gasteiger partial charge in [-0.15, -0.1) is 11.8 Å². The van der Waals surface area contributed by atoms with Crippen LogP contribution in [0, 0.1) is 12.8 Å². The second kappa shape index (κ2) is 5.42. The molecule has 1 rings (SSSR count). The quantitative estimate of drug-likeness (QED) is 0.771. The Bertz CT molecular complexity index is 294. The van der Waals surface area contributed by atoms with E-state index in [-0.39, 0.29) is 0 Å². The van der Waals surface area contributed by atoms with Crippen LogP contribution in [0.1, 0.15) is 25.0 Å². The Morgan fingerprint density at radius 3 is 2.64 bits per heavy atom. The van der Waals surface area contributed by atoms with Gasteiger partial charge in [0.1, 0.15) is 0 Å². The molecular formula is C12H19NS. The van der Waals surface area contributed by atoms with Gasteiger partial charge in [-0.05, 0) is 24.0 Å². The third-order valence-electron chi connectivity index (χ3n) is 2.07. The standard InChI is InChI=1S/C12H19NS/c1-9(2)8-14-12-10(3)5-4-6-11(12)7-13/h4-6,9H,7-8,13H2,1-3H3. The Morgan fingerprint density at radius 2 is 2.07 bits per heavy atom. The highest BCUT2D eigenvalue weighted by Gasteiger charge is 2.05. The highest BCUT2D eigenvalue weighted by atomic mass is 32.2. The van der Waals surface area contributed by atoms with E-state index in [1.807, 2.05) is 11.8 Å². The normalized spacial score (nSPS) is 10.9. The van der Waals surface area contributed by atoms with Gasteiger partial charge in [-0.1, -0.05) is 32.0 Å². The summed E-state index contributed by atoms with van der Waals surface area (Å²) >= 11 is 1.93. The van der Waals surface area contributed by atoms with E-state index < -0.39 is 0 Å². The van der Waals surface area contributed by atoms with Crippen molar-refractivity contribution in [2.24, 2.45) is 11.7 Å². The van der Waals surface area contributed by atoms with E-state index in [4.69, 9.17) is 5.73 Å². The van der Waals surface area contributed by atoms with Crippen LogP contribution in [-0.4, -0.2) is 5.75 Å². The van der Waals surface area contributed by atoms with Gasteiger partial charge in [-0.2, -0.15) is 0 Å². The molecule has 0 spiro atoms. The van der Waals surface area contributed by atoms with Gasteiger partial charge in [0.25, 0.3) is 0 Å². The van der Waals surface area contributed by atoms with E-state index in [1.54, 1.807) is 0 Å². The van der Waals surface area contributed by atoms with Crippen LogP contribution in [0.15, 0.2) is 23.1 Å². The predicted molar refractivity (Wildman–Crippen MR) is 64.6 cm³/mol. The molecule has 78 valence electrons. The Hall–Kier alpha value is -0.470. The molecule has 0 saturated carbocycles. The molecule has 1 aromatic rings. The topological polar surface area (TPSA) is 26.0 Å². The highest BCUT2D eigenvalue weighted by Crippen LogP contribution is 2.27. The first kappa shape index (κ1) is 11.6. The summed E-state index contributed by atoms with van der Waals surface area (Å²) in [6, 6.07) is 6.36. The lowest BCUT2D eigenvalue weighted by atomic mass is 10.1. The third kappa shape index (κ3) is 3.03. The molecule has 0 aliphatic rings. The van der Waals surface area contributed by atoms with Crippen LogP contribution >= 0.6 is 11.8 Å². The van der Waals surface area contributed by atoms with Crippen molar-refractivity contribution >= 4 is 11.8 Å². The number of thioether (sulfide) groups is 1. The summed E-state index contributed by atoms with van der Waals surface area (Å²) in [7, 11) is 0. The van der Waals surface area contributed by atoms with E-state index in [2.05, 4.69) is 39.0 Å². The van der Waals surface area contributed by atoms with E-state index in [0.29, 0.717) is 6.54 Å². The molecule has 2 heteroatoms. The summed E-state index contributed by atoms with van der Waals surface area (Å²) < 4.78 is 0. The molecule has 0 aliphatic carbocycles. The summed E-state index contributed by atoms with van der Waals surface area (Å²) in [6.45, 7) is 7.28. The molecule has 0 radical (unpaired) electrons. The minimum absolute atomic E-state index is 0.641. The van der Waals surface area contributed by atoms with Crippen molar-refractivity contribution in [1.29, 1.82) is 0 Å². The smallest absolute Gasteiger partial charge is 0.0189 e. The number of benzene rings is 1. The van der Waals surface area contributed by atoms with Gasteiger partial charge in [0, 0.05) is 17.2 Å². The van der Waals surface area contributed by atoms with E-state index in [9.17, 15) is 0 Å². The zero-order chi connectivity index (χ0) is 10.6. The fraction of sp³-hybridized carbons (Fsp3) is 0.500. The SMILES string of the molecule is Cc1cccc(CN)c1SCC(C)C. The maximum Gasteiger partial charge on any atom is 0.0189 e. The molecule has 14 heavy (non-hydrogen) atoms. The van der Waals surface area contributed by atoms with Crippen LogP contribution in [0.5, 0.6) is 0 Å². The van der Waals surface area contributed by atoms with Crippen molar-refractivity contribution in [2.75, 3.05) is 5.75 Å². The largest absolute Gasteiger partial charge is 0.326 e. The number of hydrogen-bond acceptors (Lipinski definition) is 2. The molecule has 1 nitrogen and oxygen atoms in total. The van der Waals surface area contributed by atoms with Crippen LogP contribution in [0.25, 0.3) is 0 Å². The molecule has 0 saturated heterocycles. The van der Waals surface area contributed by atoms with Gasteiger partial charge in [-0.25, -0.2) is 0 Å². The van der Waals surface area contributed by atoms with E-state index >= 15 is 0 Å². The lowest BCUT2D eigenvalue weighted by Gasteiger charge is -2.11. The van der Waals surface area contributed by atoms with Crippen molar-refractivity contribution in [3.8, 4) is 0 Å². The molecule has 2 N–H and O–H groups in total. The van der Waals surface area contributed by atoms with Crippen molar-refractivity contribution in [1.82, 2.24) is 0 Å². The van der Waals surface area contributed by atoms with Crippen LogP contribution in [0.4, 0.5) is 0 Å². The Kier molecular flexibility index (Phi) is 4.49. The number of hydrogen-bond donors (Lipinski definition) is 1. The summed E-state index contributed by atoms with van der Waals surface area (Å²) in [5, 5.41) is 0. The first-order chi connectivity index (χ1) is 6.65. The Balaban J connectivity index is 2.82. The maximum absolute atomic E-state index is 5.71. The molecular weight excluding hydrogens is 190 g/mol. The monoisotopic (exact) mass is 209 g/mol. The van der Waals surface area contributed by atoms with Crippen molar-refractivity contribution in [3.05, 3.63) is 29.3 Å². The van der Waals surface area contributed by atoms with Gasteiger partial charge in [-0.3, -0.25) is 0 Å². The number of aryl methyl sites for hydroxylation is 1. The highest BCUT2D eigenvalue weighted by molar-refractivity contribution is 7.99. The molecule has 0 fully saturated rings. The van der Waals surface area contributed by atoms with E-state index in [0.717, 1.165) is 11.7 Å².